The van der Waals surface area contributed by atoms with E-state index in [0.29, 0.717) is 0 Å². The quantitative estimate of drug-likeness (QED) is 0.182. The first kappa shape index (κ1) is 32.5. The van der Waals surface area contributed by atoms with Crippen LogP contribution in [0.4, 0.5) is 0 Å². The predicted octanol–water partition coefficient (Wildman–Crippen LogP) is 3.45. The molecule has 5 rings (SSSR count). The third-order valence-corrected chi connectivity index (χ3v) is 7.32. The van der Waals surface area contributed by atoms with Crippen molar-refractivity contribution in [3.8, 4) is 0 Å². The normalized spacial score (nSPS) is 20.1. The Balaban J connectivity index is 1.61. The molecule has 14 nitrogen and oxygen atoms in total. The summed E-state index contributed by atoms with van der Waals surface area (Å²) in [6.07, 6.45) is -4.37. The lowest BCUT2D eigenvalue weighted by atomic mass is 9.95. The van der Waals surface area contributed by atoms with Gasteiger partial charge in [-0.15, -0.1) is 5.10 Å². The van der Waals surface area contributed by atoms with Crippen LogP contribution in [0.1, 0.15) is 65.2 Å². The van der Waals surface area contributed by atoms with Crippen LogP contribution >= 0.6 is 0 Å². The summed E-state index contributed by atoms with van der Waals surface area (Å²) in [4.78, 5) is 65.5. The molecule has 3 aromatic carbocycles. The van der Waals surface area contributed by atoms with Crippen molar-refractivity contribution in [2.24, 2.45) is 0 Å². The molecule has 14 heteroatoms. The van der Waals surface area contributed by atoms with Crippen molar-refractivity contribution in [3.63, 3.8) is 0 Å². The maximum atomic E-state index is 13.6. The second-order valence-corrected chi connectivity index (χ2v) is 10.3. The van der Waals surface area contributed by atoms with Crippen LogP contribution in [0.15, 0.2) is 91.0 Å². The van der Waals surface area contributed by atoms with E-state index in [1.165, 1.54) is 31.2 Å². The number of hydrogen-bond acceptors (Lipinski definition) is 13. The Morgan fingerprint density at radius 3 is 1.77 bits per heavy atom. The van der Waals surface area contributed by atoms with Gasteiger partial charge in [0.15, 0.2) is 23.6 Å². The highest BCUT2D eigenvalue weighted by atomic mass is 16.7. The van der Waals surface area contributed by atoms with Gasteiger partial charge < -0.3 is 28.4 Å². The van der Waals surface area contributed by atoms with Crippen LogP contribution in [-0.2, 0) is 28.4 Å². The summed E-state index contributed by atoms with van der Waals surface area (Å²) in [6, 6.07) is 24.1. The number of methoxy groups -OCH3 is 2. The molecule has 0 unspecified atom stereocenters. The average Bonchev–Trinajstić information content (AvgIpc) is 3.66. The van der Waals surface area contributed by atoms with E-state index in [-0.39, 0.29) is 16.7 Å². The molecule has 242 valence electrons. The van der Waals surface area contributed by atoms with Gasteiger partial charge in [0.2, 0.25) is 5.69 Å². The molecule has 0 amide bonds. The third kappa shape index (κ3) is 6.72. The molecule has 2 heterocycles. The first-order valence-corrected chi connectivity index (χ1v) is 14.2. The summed E-state index contributed by atoms with van der Waals surface area (Å²) in [5.74, 6) is -4.44. The van der Waals surface area contributed by atoms with Gasteiger partial charge in [-0.05, 0) is 43.3 Å². The summed E-state index contributed by atoms with van der Waals surface area (Å²) >= 11 is 0. The Morgan fingerprint density at radius 2 is 1.23 bits per heavy atom. The standard InChI is InChI=1S/C33H29N3O11/c1-33(47-29(39)22-17-11-6-12-18-22)26(46-28(38)21-15-9-5-10-16-21)23(19-44-27(37)20-13-7-4-8-14-20)45-32(33)36-25(31(41)43-3)24(34-35-36)30(40)42-2/h4-18,23,26,32H,19H2,1-3H3/t23-,26-,32-,33-/m1/s1. The minimum absolute atomic E-state index is 0.140. The molecule has 0 saturated carbocycles. The Labute approximate surface area is 268 Å². The zero-order valence-corrected chi connectivity index (χ0v) is 25.4. The fraction of sp³-hybridized carbons (Fsp3) is 0.242. The van der Waals surface area contributed by atoms with Gasteiger partial charge in [0, 0.05) is 0 Å². The Bertz CT molecular complexity index is 1760. The summed E-state index contributed by atoms with van der Waals surface area (Å²) < 4.78 is 34.3. The second-order valence-electron chi connectivity index (χ2n) is 10.3. The van der Waals surface area contributed by atoms with Crippen molar-refractivity contribution in [1.29, 1.82) is 0 Å². The highest BCUT2D eigenvalue weighted by molar-refractivity contribution is 6.00. The first-order chi connectivity index (χ1) is 22.7. The Morgan fingerprint density at radius 1 is 0.723 bits per heavy atom. The third-order valence-electron chi connectivity index (χ3n) is 7.32. The molecule has 1 aliphatic rings. The fourth-order valence-corrected chi connectivity index (χ4v) is 4.99. The minimum Gasteiger partial charge on any atom is -0.464 e. The molecular weight excluding hydrogens is 614 g/mol. The van der Waals surface area contributed by atoms with Crippen LogP contribution in [0.2, 0.25) is 0 Å². The number of carbonyl (C=O) groups excluding carboxylic acids is 5. The molecule has 0 bridgehead atoms. The highest BCUT2D eigenvalue weighted by Crippen LogP contribution is 2.44. The maximum absolute atomic E-state index is 13.6. The van der Waals surface area contributed by atoms with Gasteiger partial charge in [-0.2, -0.15) is 0 Å². The van der Waals surface area contributed by atoms with E-state index in [9.17, 15) is 24.0 Å². The molecule has 1 fully saturated rings. The summed E-state index contributed by atoms with van der Waals surface area (Å²) in [7, 11) is 2.15. The van der Waals surface area contributed by atoms with Gasteiger partial charge in [0.25, 0.3) is 0 Å². The van der Waals surface area contributed by atoms with Gasteiger partial charge in [0.1, 0.15) is 12.7 Å². The van der Waals surface area contributed by atoms with Crippen LogP contribution in [0.25, 0.3) is 0 Å². The number of rotatable bonds is 10. The number of esters is 5. The van der Waals surface area contributed by atoms with Gasteiger partial charge in [-0.3, -0.25) is 0 Å². The zero-order valence-electron chi connectivity index (χ0n) is 25.4. The molecule has 1 aromatic heterocycles. The molecule has 47 heavy (non-hydrogen) atoms. The highest BCUT2D eigenvalue weighted by Gasteiger charge is 2.62. The minimum atomic E-state index is -1.99. The monoisotopic (exact) mass is 643 g/mol. The van der Waals surface area contributed by atoms with Crippen molar-refractivity contribution in [3.05, 3.63) is 119 Å². The summed E-state index contributed by atoms with van der Waals surface area (Å²) in [5.41, 5.74) is -2.47. The van der Waals surface area contributed by atoms with E-state index in [1.54, 1.807) is 66.7 Å². The summed E-state index contributed by atoms with van der Waals surface area (Å²) in [6.45, 7) is 0.891. The molecule has 1 aliphatic heterocycles. The number of aromatic nitrogens is 3. The van der Waals surface area contributed by atoms with Crippen LogP contribution in [0.3, 0.4) is 0 Å². The second kappa shape index (κ2) is 14.0. The van der Waals surface area contributed by atoms with E-state index >= 15 is 0 Å². The van der Waals surface area contributed by atoms with Crippen molar-refractivity contribution in [2.45, 2.75) is 31.0 Å². The molecule has 1 saturated heterocycles. The predicted molar refractivity (Wildman–Crippen MR) is 159 cm³/mol. The van der Waals surface area contributed by atoms with Gasteiger partial charge in [0.05, 0.1) is 30.9 Å². The van der Waals surface area contributed by atoms with Crippen LogP contribution in [-0.4, -0.2) is 83.5 Å². The van der Waals surface area contributed by atoms with Gasteiger partial charge in [-0.25, -0.2) is 28.7 Å². The smallest absolute Gasteiger partial charge is 0.361 e. The lowest BCUT2D eigenvalue weighted by molar-refractivity contribution is -0.115. The van der Waals surface area contributed by atoms with Crippen molar-refractivity contribution < 1.29 is 52.4 Å². The lowest BCUT2D eigenvalue weighted by Gasteiger charge is -2.34. The van der Waals surface area contributed by atoms with Gasteiger partial charge in [-0.1, -0.05) is 59.8 Å². The van der Waals surface area contributed by atoms with Crippen LogP contribution < -0.4 is 0 Å². The Hall–Kier alpha value is -5.89. The van der Waals surface area contributed by atoms with E-state index in [4.69, 9.17) is 28.4 Å². The summed E-state index contributed by atoms with van der Waals surface area (Å²) in [5, 5.41) is 7.76. The average molecular weight is 644 g/mol. The van der Waals surface area contributed by atoms with Crippen molar-refractivity contribution >= 4 is 29.8 Å². The molecule has 0 N–H and O–H groups in total. The van der Waals surface area contributed by atoms with E-state index in [2.05, 4.69) is 10.3 Å². The number of carbonyl (C=O) groups is 5. The lowest BCUT2D eigenvalue weighted by Crippen LogP contribution is -2.51. The van der Waals surface area contributed by atoms with Crippen molar-refractivity contribution in [2.75, 3.05) is 20.8 Å². The van der Waals surface area contributed by atoms with Gasteiger partial charge >= 0.3 is 29.8 Å². The molecule has 4 atom stereocenters. The fourth-order valence-electron chi connectivity index (χ4n) is 4.99. The zero-order chi connectivity index (χ0) is 33.6. The topological polar surface area (TPSA) is 171 Å². The molecule has 0 radical (unpaired) electrons. The number of nitrogens with zero attached hydrogens (tertiary/aromatic N) is 3. The number of hydrogen-bond donors (Lipinski definition) is 0. The van der Waals surface area contributed by atoms with Crippen LogP contribution in [0, 0.1) is 0 Å². The first-order valence-electron chi connectivity index (χ1n) is 14.2. The van der Waals surface area contributed by atoms with E-state index < -0.39 is 71.9 Å². The largest absolute Gasteiger partial charge is 0.464 e. The molecule has 0 aliphatic carbocycles. The SMILES string of the molecule is COC(=O)c1nnn([C@@H]2O[C@H](COC(=O)c3ccccc3)[C@@H](OC(=O)c3ccccc3)[C@@]2(C)OC(=O)c2ccccc2)c1C(=O)OC. The van der Waals surface area contributed by atoms with Crippen molar-refractivity contribution in [1.82, 2.24) is 15.0 Å². The molecular formula is C33H29N3O11. The maximum Gasteiger partial charge on any atom is 0.361 e. The number of benzene rings is 3. The van der Waals surface area contributed by atoms with Crippen LogP contribution in [0.5, 0.6) is 0 Å². The number of ether oxygens (including phenoxy) is 6. The van der Waals surface area contributed by atoms with E-state index in [1.807, 2.05) is 0 Å². The van der Waals surface area contributed by atoms with E-state index in [0.717, 1.165) is 18.9 Å². The molecule has 4 aromatic rings. The molecule has 0 spiro atoms. The Kier molecular flexibility index (Phi) is 9.71.